The highest BCUT2D eigenvalue weighted by Gasteiger charge is 2.65. The number of aryl methyl sites for hydroxylation is 1. The lowest BCUT2D eigenvalue weighted by molar-refractivity contribution is -0.142. The smallest absolute Gasteiger partial charge is 0.319 e. The van der Waals surface area contributed by atoms with E-state index in [0.29, 0.717) is 6.54 Å². The number of piperidine rings is 1. The van der Waals surface area contributed by atoms with Crippen LogP contribution in [-0.2, 0) is 11.3 Å². The Morgan fingerprint density at radius 3 is 2.41 bits per heavy atom. The van der Waals surface area contributed by atoms with E-state index >= 15 is 0 Å². The summed E-state index contributed by atoms with van der Waals surface area (Å²) in [7, 11) is 3.61. The molecule has 0 bridgehead atoms. The fraction of sp³-hybridized carbons (Fsp3) is 0.727. The minimum absolute atomic E-state index is 0.0421. The molecule has 4 rings (SSSR count). The molecule has 3 amide bonds. The number of urea groups is 1. The number of likely N-dealkylation sites (tertiary alicyclic amines) is 3. The Hall–Kier alpha value is -1.60. The molecule has 0 radical (unpaired) electrons. The third kappa shape index (κ3) is 3.36. The summed E-state index contributed by atoms with van der Waals surface area (Å²) in [6.07, 6.45) is 2.89. The van der Waals surface area contributed by atoms with Crippen LogP contribution in [0.4, 0.5) is 4.79 Å². The molecule has 3 saturated heterocycles. The molecular weight excluding hydrogens is 384 g/mol. The molecule has 29 heavy (non-hydrogen) atoms. The Kier molecular flexibility index (Phi) is 5.40. The summed E-state index contributed by atoms with van der Waals surface area (Å²) in [5.41, 5.74) is -0.470. The van der Waals surface area contributed by atoms with Gasteiger partial charge in [0.05, 0.1) is 5.41 Å². The molecule has 1 atom stereocenters. The van der Waals surface area contributed by atoms with Crippen molar-refractivity contribution < 1.29 is 9.59 Å². The Balaban J connectivity index is 1.55. The van der Waals surface area contributed by atoms with Crippen LogP contribution in [0.2, 0.25) is 0 Å². The first-order chi connectivity index (χ1) is 13.8. The summed E-state index contributed by atoms with van der Waals surface area (Å²) in [5, 5.41) is 0. The van der Waals surface area contributed by atoms with Crippen LogP contribution in [0, 0.1) is 17.8 Å². The van der Waals surface area contributed by atoms with Gasteiger partial charge in [-0.1, -0.05) is 0 Å². The van der Waals surface area contributed by atoms with Gasteiger partial charge in [-0.25, -0.2) is 4.79 Å². The van der Waals surface area contributed by atoms with Crippen molar-refractivity contribution in [2.45, 2.75) is 39.7 Å². The molecule has 1 aromatic rings. The number of nitrogens with zero attached hydrogens (tertiary/aromatic N) is 4. The summed E-state index contributed by atoms with van der Waals surface area (Å²) in [6, 6.07) is 4.47. The highest BCUT2D eigenvalue weighted by molar-refractivity contribution is 7.11. The molecule has 3 aliphatic rings. The van der Waals surface area contributed by atoms with Gasteiger partial charge in [0, 0.05) is 62.0 Å². The second-order valence-electron chi connectivity index (χ2n) is 9.32. The summed E-state index contributed by atoms with van der Waals surface area (Å²) in [4.78, 5) is 37.2. The van der Waals surface area contributed by atoms with Crippen LogP contribution in [0.25, 0.3) is 0 Å². The lowest BCUT2D eigenvalue weighted by atomic mass is 9.60. The molecule has 0 N–H and O–H groups in total. The van der Waals surface area contributed by atoms with Crippen molar-refractivity contribution in [3.63, 3.8) is 0 Å². The number of carbonyl (C=O) groups excluding carboxylic acids is 2. The largest absolute Gasteiger partial charge is 0.342 e. The van der Waals surface area contributed by atoms with E-state index < -0.39 is 0 Å². The molecule has 160 valence electrons. The van der Waals surface area contributed by atoms with E-state index in [-0.39, 0.29) is 22.8 Å². The molecule has 3 fully saturated rings. The molecule has 0 aliphatic carbocycles. The average molecular weight is 419 g/mol. The molecule has 7 heteroatoms. The van der Waals surface area contributed by atoms with Gasteiger partial charge in [0.15, 0.2) is 0 Å². The zero-order valence-electron chi connectivity index (χ0n) is 18.2. The van der Waals surface area contributed by atoms with Crippen LogP contribution in [-0.4, -0.2) is 84.9 Å². The fourth-order valence-corrected chi connectivity index (χ4v) is 6.76. The van der Waals surface area contributed by atoms with Crippen molar-refractivity contribution >= 4 is 23.3 Å². The van der Waals surface area contributed by atoms with Gasteiger partial charge in [-0.05, 0) is 58.3 Å². The third-order valence-corrected chi connectivity index (χ3v) is 8.48. The Bertz CT molecular complexity index is 784. The lowest BCUT2D eigenvalue weighted by Gasteiger charge is -2.46. The predicted octanol–water partition coefficient (Wildman–Crippen LogP) is 2.87. The maximum atomic E-state index is 13.5. The van der Waals surface area contributed by atoms with Gasteiger partial charge in [-0.15, -0.1) is 11.3 Å². The van der Waals surface area contributed by atoms with Crippen LogP contribution in [0.3, 0.4) is 0 Å². The number of carbonyl (C=O) groups is 2. The van der Waals surface area contributed by atoms with Gasteiger partial charge in [-0.3, -0.25) is 9.69 Å². The Morgan fingerprint density at radius 2 is 1.86 bits per heavy atom. The van der Waals surface area contributed by atoms with Crippen molar-refractivity contribution in [1.29, 1.82) is 0 Å². The normalized spacial score (nSPS) is 26.8. The van der Waals surface area contributed by atoms with Crippen molar-refractivity contribution in [3.8, 4) is 0 Å². The van der Waals surface area contributed by atoms with E-state index in [2.05, 4.69) is 30.9 Å². The molecule has 2 spiro atoms. The Morgan fingerprint density at radius 1 is 1.14 bits per heavy atom. The highest BCUT2D eigenvalue weighted by Crippen LogP contribution is 2.58. The minimum Gasteiger partial charge on any atom is -0.342 e. The monoisotopic (exact) mass is 418 g/mol. The zero-order chi connectivity index (χ0) is 20.8. The van der Waals surface area contributed by atoms with Crippen LogP contribution >= 0.6 is 11.3 Å². The molecule has 1 aromatic heterocycles. The van der Waals surface area contributed by atoms with Crippen LogP contribution in [0.1, 0.15) is 35.9 Å². The number of thiophene rings is 1. The van der Waals surface area contributed by atoms with E-state index in [1.807, 2.05) is 21.1 Å². The topological polar surface area (TPSA) is 47.1 Å². The van der Waals surface area contributed by atoms with Gasteiger partial charge >= 0.3 is 6.03 Å². The fourth-order valence-electron chi connectivity index (χ4n) is 5.83. The first-order valence-corrected chi connectivity index (χ1v) is 11.7. The number of hydrogen-bond donors (Lipinski definition) is 0. The number of rotatable bonds is 3. The quantitative estimate of drug-likeness (QED) is 0.758. The van der Waals surface area contributed by atoms with Gasteiger partial charge in [0.2, 0.25) is 5.91 Å². The summed E-state index contributed by atoms with van der Waals surface area (Å²) < 4.78 is 0. The highest BCUT2D eigenvalue weighted by atomic mass is 32.1. The van der Waals surface area contributed by atoms with E-state index in [4.69, 9.17) is 0 Å². The van der Waals surface area contributed by atoms with Crippen LogP contribution in [0.15, 0.2) is 12.1 Å². The van der Waals surface area contributed by atoms with E-state index in [1.54, 1.807) is 19.0 Å². The maximum absolute atomic E-state index is 13.5. The summed E-state index contributed by atoms with van der Waals surface area (Å²) in [5.74, 6) is 0.288. The summed E-state index contributed by atoms with van der Waals surface area (Å²) in [6.45, 7) is 10.1. The standard InChI is InChI=1S/C22H34N4O2S/c1-5-25-13-10-22(19(25)27)16-26(20(28)23(3)4)15-21(22)8-11-24(12-9-21)14-18-7-6-17(2)29-18/h6-7H,5,8-16H2,1-4H3/t22-/m1/s1. The maximum Gasteiger partial charge on any atom is 0.319 e. The Labute approximate surface area is 178 Å². The SMILES string of the molecule is CCN1CC[C@@]2(CN(C(=O)N(C)C)CC23CCN(Cc2ccc(C)s2)CC3)C1=O. The molecule has 0 unspecified atom stereocenters. The van der Waals surface area contributed by atoms with Gasteiger partial charge in [0.1, 0.15) is 0 Å². The zero-order valence-corrected chi connectivity index (χ0v) is 19.1. The van der Waals surface area contributed by atoms with Crippen molar-refractivity contribution in [2.24, 2.45) is 10.8 Å². The van der Waals surface area contributed by atoms with Gasteiger partial charge in [-0.2, -0.15) is 0 Å². The van der Waals surface area contributed by atoms with Crippen molar-refractivity contribution in [3.05, 3.63) is 21.9 Å². The minimum atomic E-state index is -0.389. The van der Waals surface area contributed by atoms with E-state index in [9.17, 15) is 9.59 Å². The molecular formula is C22H34N4O2S. The van der Waals surface area contributed by atoms with Crippen molar-refractivity contribution in [1.82, 2.24) is 19.6 Å². The van der Waals surface area contributed by atoms with Crippen LogP contribution < -0.4 is 0 Å². The third-order valence-electron chi connectivity index (χ3n) is 7.50. The number of hydrogen-bond acceptors (Lipinski definition) is 4. The molecule has 0 aromatic carbocycles. The van der Waals surface area contributed by atoms with E-state index in [1.165, 1.54) is 9.75 Å². The first kappa shape index (κ1) is 20.7. The number of amides is 3. The van der Waals surface area contributed by atoms with Gasteiger partial charge in [0.25, 0.3) is 0 Å². The second-order valence-corrected chi connectivity index (χ2v) is 10.7. The van der Waals surface area contributed by atoms with E-state index in [0.717, 1.165) is 58.5 Å². The molecule has 6 nitrogen and oxygen atoms in total. The average Bonchev–Trinajstić information content (AvgIpc) is 3.35. The first-order valence-electron chi connectivity index (χ1n) is 10.8. The van der Waals surface area contributed by atoms with Crippen LogP contribution in [0.5, 0.6) is 0 Å². The lowest BCUT2D eigenvalue weighted by Crippen LogP contribution is -2.52. The summed E-state index contributed by atoms with van der Waals surface area (Å²) >= 11 is 1.87. The predicted molar refractivity (Wildman–Crippen MR) is 116 cm³/mol. The second kappa shape index (κ2) is 7.58. The molecule has 0 saturated carbocycles. The molecule has 3 aliphatic heterocycles. The van der Waals surface area contributed by atoms with Crippen molar-refractivity contribution in [2.75, 3.05) is 53.4 Å². The molecule has 4 heterocycles. The number of fused-ring (bicyclic) bond motifs is 1. The van der Waals surface area contributed by atoms with Gasteiger partial charge < -0.3 is 14.7 Å².